The minimum Gasteiger partial charge on any atom is -0.382 e. The molecule has 0 atom stereocenters. The summed E-state index contributed by atoms with van der Waals surface area (Å²) in [6.45, 7) is 6.65. The average Bonchev–Trinajstić information content (AvgIpc) is 2.38. The Balaban J connectivity index is 2.64. The van der Waals surface area contributed by atoms with E-state index >= 15 is 0 Å². The van der Waals surface area contributed by atoms with Gasteiger partial charge in [-0.3, -0.25) is 4.79 Å². The van der Waals surface area contributed by atoms with Crippen molar-refractivity contribution in [2.75, 3.05) is 25.5 Å². The van der Waals surface area contributed by atoms with E-state index in [1.165, 1.54) is 0 Å². The van der Waals surface area contributed by atoms with Crippen molar-refractivity contribution in [3.8, 4) is 0 Å². The van der Waals surface area contributed by atoms with Gasteiger partial charge in [-0.1, -0.05) is 26.7 Å². The maximum Gasteiger partial charge on any atom is 0.268 e. The summed E-state index contributed by atoms with van der Waals surface area (Å²) in [5.74, 6) is 0.526. The van der Waals surface area contributed by atoms with E-state index in [1.54, 1.807) is 16.9 Å². The van der Waals surface area contributed by atoms with Gasteiger partial charge in [0.2, 0.25) is 0 Å². The Bertz CT molecular complexity index is 398. The fraction of sp³-hybridized carbons (Fsp3) is 0.692. The zero-order valence-electron chi connectivity index (χ0n) is 11.6. The van der Waals surface area contributed by atoms with Crippen LogP contribution in [0.25, 0.3) is 0 Å². The Labute approximate surface area is 109 Å². The van der Waals surface area contributed by atoms with Gasteiger partial charge in [-0.2, -0.15) is 5.10 Å². The fourth-order valence-electron chi connectivity index (χ4n) is 1.79. The van der Waals surface area contributed by atoms with Crippen molar-refractivity contribution < 1.29 is 0 Å². The molecule has 0 aliphatic carbocycles. The molecule has 0 saturated heterocycles. The molecule has 0 amide bonds. The van der Waals surface area contributed by atoms with E-state index in [9.17, 15) is 4.79 Å². The lowest BCUT2D eigenvalue weighted by Crippen LogP contribution is -2.26. The monoisotopic (exact) mass is 252 g/mol. The van der Waals surface area contributed by atoms with Crippen molar-refractivity contribution >= 4 is 5.69 Å². The van der Waals surface area contributed by atoms with Gasteiger partial charge in [0.15, 0.2) is 0 Å². The lowest BCUT2D eigenvalue weighted by molar-refractivity contribution is 0.385. The van der Waals surface area contributed by atoms with Crippen LogP contribution in [0.2, 0.25) is 0 Å². The normalized spacial score (nSPS) is 10.9. The summed E-state index contributed by atoms with van der Waals surface area (Å²) in [5, 5.41) is 10.4. The molecule has 1 rings (SSSR count). The number of hydrogen-bond acceptors (Lipinski definition) is 4. The van der Waals surface area contributed by atoms with Gasteiger partial charge < -0.3 is 10.6 Å². The molecule has 0 aliphatic rings. The molecule has 5 heteroatoms. The number of rotatable bonds is 8. The summed E-state index contributed by atoms with van der Waals surface area (Å²) in [4.78, 5) is 11.9. The predicted molar refractivity (Wildman–Crippen MR) is 75.0 cm³/mol. The highest BCUT2D eigenvalue weighted by molar-refractivity contribution is 5.38. The third-order valence-corrected chi connectivity index (χ3v) is 3.16. The summed E-state index contributed by atoms with van der Waals surface area (Å²) < 4.78 is 1.56. The van der Waals surface area contributed by atoms with Gasteiger partial charge in [0, 0.05) is 25.7 Å². The van der Waals surface area contributed by atoms with Gasteiger partial charge in [0.1, 0.15) is 0 Å². The van der Waals surface area contributed by atoms with Crippen molar-refractivity contribution in [3.05, 3.63) is 22.6 Å². The standard InChI is InChI=1S/C13H24N4O/c1-4-11(5-2)10-17-13(18)8-12(9-16-17)15-7-6-14-3/h8-9,11,14-15H,4-7,10H2,1-3H3. The summed E-state index contributed by atoms with van der Waals surface area (Å²) >= 11 is 0. The van der Waals surface area contributed by atoms with Crippen LogP contribution in [-0.2, 0) is 6.54 Å². The first kappa shape index (κ1) is 14.7. The van der Waals surface area contributed by atoms with Gasteiger partial charge in [0.05, 0.1) is 11.9 Å². The van der Waals surface area contributed by atoms with Gasteiger partial charge in [-0.25, -0.2) is 4.68 Å². The van der Waals surface area contributed by atoms with Crippen LogP contribution in [0, 0.1) is 5.92 Å². The zero-order valence-corrected chi connectivity index (χ0v) is 11.6. The molecule has 1 aromatic rings. The SMILES string of the molecule is CCC(CC)Cn1ncc(NCCNC)cc1=O. The summed E-state index contributed by atoms with van der Waals surface area (Å²) in [5.41, 5.74) is 0.757. The smallest absolute Gasteiger partial charge is 0.268 e. The summed E-state index contributed by atoms with van der Waals surface area (Å²) in [6, 6.07) is 1.62. The maximum atomic E-state index is 11.9. The highest BCUT2D eigenvalue weighted by atomic mass is 16.1. The van der Waals surface area contributed by atoms with E-state index in [0.29, 0.717) is 12.5 Å². The second kappa shape index (κ2) is 7.87. The van der Waals surface area contributed by atoms with Crippen molar-refractivity contribution in [2.45, 2.75) is 33.2 Å². The van der Waals surface area contributed by atoms with E-state index in [1.807, 2.05) is 7.05 Å². The summed E-state index contributed by atoms with van der Waals surface area (Å²) in [6.07, 6.45) is 3.87. The Morgan fingerprint density at radius 2 is 2.06 bits per heavy atom. The first-order valence-corrected chi connectivity index (χ1v) is 6.66. The highest BCUT2D eigenvalue weighted by Gasteiger charge is 2.07. The molecule has 0 unspecified atom stereocenters. The van der Waals surface area contributed by atoms with Crippen molar-refractivity contribution in [2.24, 2.45) is 5.92 Å². The molecule has 1 aromatic heterocycles. The molecule has 18 heavy (non-hydrogen) atoms. The van der Waals surface area contributed by atoms with Crippen molar-refractivity contribution in [3.63, 3.8) is 0 Å². The van der Waals surface area contributed by atoms with E-state index in [-0.39, 0.29) is 5.56 Å². The predicted octanol–water partition coefficient (Wildman–Crippen LogP) is 1.31. The minimum absolute atomic E-state index is 0.0312. The molecule has 0 aliphatic heterocycles. The van der Waals surface area contributed by atoms with Crippen molar-refractivity contribution in [1.29, 1.82) is 0 Å². The topological polar surface area (TPSA) is 59.0 Å². The second-order valence-electron chi connectivity index (χ2n) is 4.48. The third kappa shape index (κ3) is 4.49. The Kier molecular flexibility index (Phi) is 6.43. The average molecular weight is 252 g/mol. The van der Waals surface area contributed by atoms with Crippen LogP contribution in [0.4, 0.5) is 5.69 Å². The maximum absolute atomic E-state index is 11.9. The molecule has 0 fully saturated rings. The fourth-order valence-corrected chi connectivity index (χ4v) is 1.79. The van der Waals surface area contributed by atoms with Crippen LogP contribution in [0.15, 0.2) is 17.1 Å². The quantitative estimate of drug-likeness (QED) is 0.685. The van der Waals surface area contributed by atoms with E-state index in [4.69, 9.17) is 0 Å². The highest BCUT2D eigenvalue weighted by Crippen LogP contribution is 2.09. The molecule has 2 N–H and O–H groups in total. The Morgan fingerprint density at radius 1 is 1.33 bits per heavy atom. The lowest BCUT2D eigenvalue weighted by atomic mass is 10.0. The van der Waals surface area contributed by atoms with Gasteiger partial charge in [0.25, 0.3) is 5.56 Å². The molecule has 102 valence electrons. The minimum atomic E-state index is -0.0312. The molecular weight excluding hydrogens is 228 g/mol. The van der Waals surface area contributed by atoms with Gasteiger partial charge in [-0.15, -0.1) is 0 Å². The molecule has 0 saturated carbocycles. The van der Waals surface area contributed by atoms with Crippen LogP contribution in [0.3, 0.4) is 0 Å². The number of nitrogens with zero attached hydrogens (tertiary/aromatic N) is 2. The number of anilines is 1. The van der Waals surface area contributed by atoms with Crippen LogP contribution < -0.4 is 16.2 Å². The van der Waals surface area contributed by atoms with Crippen molar-refractivity contribution in [1.82, 2.24) is 15.1 Å². The number of nitrogens with one attached hydrogen (secondary N) is 2. The van der Waals surface area contributed by atoms with Crippen LogP contribution in [0.5, 0.6) is 0 Å². The largest absolute Gasteiger partial charge is 0.382 e. The van der Waals surface area contributed by atoms with Gasteiger partial charge in [-0.05, 0) is 13.0 Å². The lowest BCUT2D eigenvalue weighted by Gasteiger charge is -2.13. The molecular formula is C13H24N4O. The van der Waals surface area contributed by atoms with Gasteiger partial charge >= 0.3 is 0 Å². The van der Waals surface area contributed by atoms with E-state index in [2.05, 4.69) is 29.6 Å². The third-order valence-electron chi connectivity index (χ3n) is 3.16. The molecule has 0 aromatic carbocycles. The van der Waals surface area contributed by atoms with E-state index in [0.717, 1.165) is 31.6 Å². The Hall–Kier alpha value is -1.36. The Morgan fingerprint density at radius 3 is 2.61 bits per heavy atom. The second-order valence-corrected chi connectivity index (χ2v) is 4.48. The molecule has 0 bridgehead atoms. The zero-order chi connectivity index (χ0) is 13.4. The van der Waals surface area contributed by atoms with Crippen LogP contribution >= 0.6 is 0 Å². The molecule has 0 radical (unpaired) electrons. The van der Waals surface area contributed by atoms with Crippen LogP contribution in [-0.4, -0.2) is 29.9 Å². The first-order valence-electron chi connectivity index (χ1n) is 6.66. The number of aromatic nitrogens is 2. The first-order chi connectivity index (χ1) is 8.71. The number of hydrogen-bond donors (Lipinski definition) is 2. The number of likely N-dealkylation sites (N-methyl/N-ethyl adjacent to an activating group) is 1. The summed E-state index contributed by atoms with van der Waals surface area (Å²) in [7, 11) is 1.90. The molecule has 5 nitrogen and oxygen atoms in total. The van der Waals surface area contributed by atoms with E-state index < -0.39 is 0 Å². The molecule has 1 heterocycles. The molecule has 0 spiro atoms. The van der Waals surface area contributed by atoms with Crippen LogP contribution in [0.1, 0.15) is 26.7 Å².